The number of allylic oxidation sites excluding steroid dienone is 1. The first-order chi connectivity index (χ1) is 34.1. The SMILES string of the molecule is O=C(O)C[C@H]1CCC(=O)[C@H]1C/C=C\CCO[C@@H]1O[C@H](Cn2cc(-c3cc(C(F)(F)F)c(/C=C/C(=O)NCCNC(=O)CCCC[C@@H]4SCC5NC(=O)NC54)c(C(F)(F)F)c3)nn2)[C@@H](O)[C@H](O)[C@H]1NC(=O)CI. The van der Waals surface area contributed by atoms with Gasteiger partial charge in [0.25, 0.3) is 0 Å². The Bertz CT molecular complexity index is 2310. The Kier molecular flexibility index (Phi) is 19.9. The second-order valence-corrected chi connectivity index (χ2v) is 19.8. The summed E-state index contributed by atoms with van der Waals surface area (Å²) in [5.74, 6) is -2.77. The minimum Gasteiger partial charge on any atom is -0.481 e. The third kappa shape index (κ3) is 15.4. The number of carbonyl (C=O) groups excluding carboxylic acids is 5. The van der Waals surface area contributed by atoms with Crippen molar-refractivity contribution in [3.63, 3.8) is 0 Å². The van der Waals surface area contributed by atoms with Crippen molar-refractivity contribution in [1.29, 1.82) is 0 Å². The molecule has 27 heteroatoms. The highest BCUT2D eigenvalue weighted by molar-refractivity contribution is 14.1. The van der Waals surface area contributed by atoms with Gasteiger partial charge >= 0.3 is 24.4 Å². The van der Waals surface area contributed by atoms with Gasteiger partial charge in [0.15, 0.2) is 6.29 Å². The van der Waals surface area contributed by atoms with Crippen LogP contribution in [0.3, 0.4) is 0 Å². The predicted molar refractivity (Wildman–Crippen MR) is 254 cm³/mol. The lowest BCUT2D eigenvalue weighted by molar-refractivity contribution is -0.266. The van der Waals surface area contributed by atoms with Crippen LogP contribution in [0.15, 0.2) is 36.6 Å². The van der Waals surface area contributed by atoms with Crippen LogP contribution in [0.1, 0.15) is 74.5 Å². The van der Waals surface area contributed by atoms with Gasteiger partial charge in [0.1, 0.15) is 35.8 Å². The molecule has 2 aromatic rings. The van der Waals surface area contributed by atoms with Crippen LogP contribution >= 0.6 is 34.4 Å². The molecule has 1 aromatic carbocycles. The van der Waals surface area contributed by atoms with Crippen LogP contribution < -0.4 is 26.6 Å². The number of thioether (sulfide) groups is 1. The van der Waals surface area contributed by atoms with Crippen LogP contribution in [0.2, 0.25) is 0 Å². The number of Topliss-reactive ketones (excluding diaryl/α,β-unsaturated/α-hetero) is 1. The molecule has 8 N–H and O–H groups in total. The maximum atomic E-state index is 14.5. The molecule has 1 aromatic heterocycles. The number of aliphatic carboxylic acids is 1. The molecule has 1 aliphatic carbocycles. The summed E-state index contributed by atoms with van der Waals surface area (Å²) < 4.78 is 99.8. The number of hydrogen-bond acceptors (Lipinski definition) is 13. The molecule has 19 nitrogen and oxygen atoms in total. The zero-order chi connectivity index (χ0) is 52.3. The number of nitrogens with one attached hydrogen (secondary N) is 5. The average Bonchev–Trinajstić information content (AvgIpc) is 4.11. The highest BCUT2D eigenvalue weighted by Crippen LogP contribution is 2.43. The number of carbonyl (C=O) groups is 6. The van der Waals surface area contributed by atoms with Gasteiger partial charge in [-0.05, 0) is 61.8 Å². The first-order valence-corrected chi connectivity index (χ1v) is 25.7. The van der Waals surface area contributed by atoms with Gasteiger partial charge in [-0.2, -0.15) is 38.1 Å². The van der Waals surface area contributed by atoms with Gasteiger partial charge in [0, 0.05) is 60.9 Å². The summed E-state index contributed by atoms with van der Waals surface area (Å²) in [6, 6.07) is -0.513. The second kappa shape index (κ2) is 25.4. The van der Waals surface area contributed by atoms with E-state index < -0.39 is 101 Å². The van der Waals surface area contributed by atoms with Crippen molar-refractivity contribution in [3.8, 4) is 11.3 Å². The van der Waals surface area contributed by atoms with Gasteiger partial charge < -0.3 is 51.4 Å². The highest BCUT2D eigenvalue weighted by atomic mass is 127. The molecule has 0 bridgehead atoms. The molecule has 0 spiro atoms. The van der Waals surface area contributed by atoms with E-state index in [2.05, 4.69) is 36.9 Å². The van der Waals surface area contributed by atoms with Crippen molar-refractivity contribution in [1.82, 2.24) is 41.6 Å². The molecule has 0 radical (unpaired) electrons. The van der Waals surface area contributed by atoms with E-state index >= 15 is 0 Å². The van der Waals surface area contributed by atoms with Gasteiger partial charge in [-0.1, -0.05) is 46.4 Å². The quantitative estimate of drug-likeness (QED) is 0.0150. The standard InChI is InChI=1S/C45H55F6IN8O11S/c46-44(47,48)27-16-24(17-28(45(49,50)51)26(27)10-12-35(63)54-14-13-53-34(62)8-4-3-7-33-38-30(22-72-33)55-43(69)57-38)29-20-60(59-58-29)21-32-40(67)41(68)39(56-36(64)19-52)42(71-32)70-15-5-1-2-6-25-23(18-37(65)66)9-11-31(25)61/h1-2,10,12,16-17,20,23,25,30,32-33,38-42,67-68H,3-9,11,13-15,18-19,21-22H2,(H,53,62)(H,54,63)(H,56,64)(H,65,66)(H2,55,57,69)/b2-1-,12-10+/t23-,25+,30?,32-,33+,38?,39-,40-,41-,42-/m1/s1. The molecule has 5 amide bonds. The van der Waals surface area contributed by atoms with Gasteiger partial charge in [-0.25, -0.2) is 9.48 Å². The van der Waals surface area contributed by atoms with Crippen LogP contribution in [0, 0.1) is 11.8 Å². The lowest BCUT2D eigenvalue weighted by Crippen LogP contribution is -2.64. The highest BCUT2D eigenvalue weighted by Gasteiger charge is 2.47. The van der Waals surface area contributed by atoms with Crippen LogP contribution in [-0.4, -0.2) is 144 Å². The topological polar surface area (TPSA) is 272 Å². The number of aromatic nitrogens is 3. The number of urea groups is 1. The summed E-state index contributed by atoms with van der Waals surface area (Å²) in [7, 11) is 0. The number of carboxylic acids is 1. The number of nitrogens with zero attached hydrogens (tertiary/aromatic N) is 3. The van der Waals surface area contributed by atoms with Crippen molar-refractivity contribution >= 4 is 75.9 Å². The molecule has 3 saturated heterocycles. The van der Waals surface area contributed by atoms with E-state index in [4.69, 9.17) is 9.47 Å². The molecule has 396 valence electrons. The number of halogens is 7. The fourth-order valence-corrected chi connectivity index (χ4v) is 10.9. The summed E-state index contributed by atoms with van der Waals surface area (Å²) in [6.07, 6.45) is -7.99. The van der Waals surface area contributed by atoms with Gasteiger partial charge in [0.2, 0.25) is 17.7 Å². The number of ketones is 1. The van der Waals surface area contributed by atoms with E-state index in [-0.39, 0.29) is 84.4 Å². The normalized spacial score (nSPS) is 26.5. The van der Waals surface area contributed by atoms with E-state index in [1.807, 2.05) is 0 Å². The number of ether oxygens (including phenoxy) is 2. The molecule has 6 rings (SSSR count). The number of rotatable bonds is 23. The number of benzene rings is 1. The summed E-state index contributed by atoms with van der Waals surface area (Å²) in [6.45, 7) is -0.741. The molecule has 10 atom stereocenters. The molecule has 4 fully saturated rings. The Morgan fingerprint density at radius 3 is 2.40 bits per heavy atom. The summed E-state index contributed by atoms with van der Waals surface area (Å²) in [5.41, 5.74) is -5.94. The van der Waals surface area contributed by atoms with E-state index in [9.17, 15) is 70.4 Å². The number of aliphatic hydroxyl groups excluding tert-OH is 2. The zero-order valence-corrected chi connectivity index (χ0v) is 41.4. The number of fused-ring (bicyclic) bond motifs is 1. The Hall–Kier alpha value is -4.84. The number of unbranched alkanes of at least 4 members (excludes halogenated alkanes) is 1. The van der Waals surface area contributed by atoms with E-state index in [0.717, 1.165) is 29.5 Å². The van der Waals surface area contributed by atoms with Crippen molar-refractivity contribution in [2.75, 3.05) is 29.9 Å². The Labute approximate surface area is 426 Å². The van der Waals surface area contributed by atoms with E-state index in [0.29, 0.717) is 50.0 Å². The molecule has 2 unspecified atom stereocenters. The molecule has 3 aliphatic heterocycles. The molecular formula is C45H55F6IN8O11S. The van der Waals surface area contributed by atoms with E-state index in [1.54, 1.807) is 46.5 Å². The van der Waals surface area contributed by atoms with E-state index in [1.165, 1.54) is 0 Å². The van der Waals surface area contributed by atoms with Crippen molar-refractivity contribution in [2.45, 2.75) is 125 Å². The molecule has 1 saturated carbocycles. The summed E-state index contributed by atoms with van der Waals surface area (Å²) >= 11 is 3.53. The zero-order valence-electron chi connectivity index (χ0n) is 38.4. The largest absolute Gasteiger partial charge is 0.481 e. The fraction of sp³-hybridized carbons (Fsp3) is 0.600. The number of aliphatic hydroxyl groups is 2. The lowest BCUT2D eigenvalue weighted by Gasteiger charge is -2.42. The van der Waals surface area contributed by atoms with Gasteiger partial charge in [0.05, 0.1) is 47.0 Å². The van der Waals surface area contributed by atoms with Crippen LogP contribution in [0.25, 0.3) is 17.3 Å². The third-order valence-electron chi connectivity index (χ3n) is 12.7. The Morgan fingerprint density at radius 2 is 1.71 bits per heavy atom. The molecular weight excluding hydrogens is 1100 g/mol. The van der Waals surface area contributed by atoms with Crippen LogP contribution in [0.5, 0.6) is 0 Å². The predicted octanol–water partition coefficient (Wildman–Crippen LogP) is 3.74. The maximum Gasteiger partial charge on any atom is 0.417 e. The van der Waals surface area contributed by atoms with Crippen LogP contribution in [0.4, 0.5) is 31.1 Å². The smallest absolute Gasteiger partial charge is 0.417 e. The maximum absolute atomic E-state index is 14.5. The van der Waals surface area contributed by atoms with Crippen molar-refractivity contribution in [3.05, 3.63) is 53.2 Å². The van der Waals surface area contributed by atoms with Gasteiger partial charge in [-0.3, -0.25) is 24.0 Å². The first kappa shape index (κ1) is 56.5. The fourth-order valence-electron chi connectivity index (χ4n) is 9.11. The third-order valence-corrected chi connectivity index (χ3v) is 14.9. The number of amides is 5. The van der Waals surface area contributed by atoms with Crippen molar-refractivity contribution in [2.24, 2.45) is 11.8 Å². The average molecular weight is 1160 g/mol. The van der Waals surface area contributed by atoms with Crippen LogP contribution in [-0.2, 0) is 52.3 Å². The number of carboxylic acid groups (broad SMARTS) is 1. The Balaban J connectivity index is 1.05. The summed E-state index contributed by atoms with van der Waals surface area (Å²) in [5, 5.41) is 52.4. The molecule has 72 heavy (non-hydrogen) atoms. The first-order valence-electron chi connectivity index (χ1n) is 23.1. The van der Waals surface area contributed by atoms with Gasteiger partial charge in [-0.15, -0.1) is 5.10 Å². The molecule has 4 aliphatic rings. The molecule has 4 heterocycles. The van der Waals surface area contributed by atoms with Crippen molar-refractivity contribution < 1.29 is 79.9 Å². The number of alkyl halides is 7. The minimum atomic E-state index is -5.36. The number of hydrogen-bond donors (Lipinski definition) is 8. The summed E-state index contributed by atoms with van der Waals surface area (Å²) in [4.78, 5) is 72.3. The second-order valence-electron chi connectivity index (χ2n) is 17.7. The minimum absolute atomic E-state index is 0.0138. The monoisotopic (exact) mass is 1160 g/mol. The Morgan fingerprint density at radius 1 is 0.986 bits per heavy atom. The lowest BCUT2D eigenvalue weighted by atomic mass is 9.89.